The summed E-state index contributed by atoms with van der Waals surface area (Å²) in [4.78, 5) is 3.70. The number of rotatable bonds is 8. The van der Waals surface area contributed by atoms with E-state index in [4.69, 9.17) is 37.4 Å². The number of aromatic nitrogens is 1. The summed E-state index contributed by atoms with van der Waals surface area (Å²) in [5, 5.41) is 12.4. The van der Waals surface area contributed by atoms with Gasteiger partial charge in [-0.05, 0) is 24.1 Å². The molecule has 6 nitrogen and oxygen atoms in total. The number of anilines is 1. The Kier molecular flexibility index (Phi) is 7.49. The number of nitrogens with zero attached hydrogens (tertiary/aromatic N) is 1. The van der Waals surface area contributed by atoms with Gasteiger partial charge in [0.25, 0.3) is 0 Å². The van der Waals surface area contributed by atoms with Crippen molar-refractivity contribution < 1.29 is 23.7 Å². The van der Waals surface area contributed by atoms with E-state index >= 15 is 0 Å². The van der Waals surface area contributed by atoms with Crippen molar-refractivity contribution in [3.63, 3.8) is 0 Å². The molecule has 0 amide bonds. The first-order valence-corrected chi connectivity index (χ1v) is 8.88. The maximum absolute atomic E-state index is 14.2. The Hall–Kier alpha value is -1.80. The van der Waals surface area contributed by atoms with Gasteiger partial charge in [0.15, 0.2) is 17.9 Å². The Labute approximate surface area is 167 Å². The third kappa shape index (κ3) is 5.13. The minimum Gasteiger partial charge on any atom is -0.508 e. The third-order valence-electron chi connectivity index (χ3n) is 3.80. The Morgan fingerprint density at radius 3 is 2.44 bits per heavy atom. The number of methoxy groups -OCH3 is 2. The average molecular weight is 419 g/mol. The SMILES string of the molecule is COC(CNc1nc(F)c(Cl)c(Oc2ccc(O)c(C(C)C)c2)c1Cl)OC. The van der Waals surface area contributed by atoms with E-state index in [1.165, 1.54) is 26.4 Å². The smallest absolute Gasteiger partial charge is 0.237 e. The molecule has 0 bridgehead atoms. The molecule has 2 aromatic rings. The van der Waals surface area contributed by atoms with E-state index in [-0.39, 0.29) is 39.8 Å². The van der Waals surface area contributed by atoms with E-state index in [9.17, 15) is 9.50 Å². The predicted octanol–water partition coefficient (Wildman–Crippen LogP) is 5.18. The summed E-state index contributed by atoms with van der Waals surface area (Å²) in [7, 11) is 2.94. The van der Waals surface area contributed by atoms with Gasteiger partial charge in [0.2, 0.25) is 5.95 Å². The minimum atomic E-state index is -0.937. The number of hydrogen-bond acceptors (Lipinski definition) is 6. The van der Waals surface area contributed by atoms with Crippen LogP contribution in [0.1, 0.15) is 25.3 Å². The molecule has 0 aliphatic heterocycles. The number of nitrogens with one attached hydrogen (secondary N) is 1. The second-order valence-electron chi connectivity index (χ2n) is 5.97. The summed E-state index contributed by atoms with van der Waals surface area (Å²) < 4.78 is 30.0. The van der Waals surface area contributed by atoms with Crippen LogP contribution in [0.25, 0.3) is 0 Å². The Morgan fingerprint density at radius 1 is 1.19 bits per heavy atom. The van der Waals surface area contributed by atoms with Crippen molar-refractivity contribution in [2.75, 3.05) is 26.1 Å². The van der Waals surface area contributed by atoms with Gasteiger partial charge in [0.1, 0.15) is 21.5 Å². The molecule has 0 saturated carbocycles. The highest BCUT2D eigenvalue weighted by atomic mass is 35.5. The van der Waals surface area contributed by atoms with Gasteiger partial charge in [-0.2, -0.15) is 9.37 Å². The highest BCUT2D eigenvalue weighted by Crippen LogP contribution is 2.42. The summed E-state index contributed by atoms with van der Waals surface area (Å²) in [5.41, 5.74) is 0.677. The lowest BCUT2D eigenvalue weighted by molar-refractivity contribution is -0.0914. The molecule has 0 saturated heterocycles. The average Bonchev–Trinajstić information content (AvgIpc) is 2.64. The van der Waals surface area contributed by atoms with Crippen LogP contribution in [0, 0.1) is 5.95 Å². The van der Waals surface area contributed by atoms with Crippen molar-refractivity contribution in [2.45, 2.75) is 26.1 Å². The second kappa shape index (κ2) is 9.41. The van der Waals surface area contributed by atoms with E-state index in [1.807, 2.05) is 13.8 Å². The van der Waals surface area contributed by atoms with Crippen LogP contribution in [0.2, 0.25) is 10.0 Å². The van der Waals surface area contributed by atoms with Crippen LogP contribution in [-0.2, 0) is 9.47 Å². The Morgan fingerprint density at radius 2 is 1.85 bits per heavy atom. The highest BCUT2D eigenvalue weighted by Gasteiger charge is 2.21. The third-order valence-corrected chi connectivity index (χ3v) is 4.48. The minimum absolute atomic E-state index is 0.00604. The molecule has 27 heavy (non-hydrogen) atoms. The first-order chi connectivity index (χ1) is 12.8. The first-order valence-electron chi connectivity index (χ1n) is 8.13. The molecular formula is C18H21Cl2FN2O4. The second-order valence-corrected chi connectivity index (χ2v) is 6.72. The molecule has 0 aliphatic rings. The lowest BCUT2D eigenvalue weighted by atomic mass is 10.0. The quantitative estimate of drug-likeness (QED) is 0.454. The molecule has 0 aliphatic carbocycles. The van der Waals surface area contributed by atoms with Gasteiger partial charge in [-0.15, -0.1) is 0 Å². The van der Waals surface area contributed by atoms with Gasteiger partial charge >= 0.3 is 0 Å². The number of phenolic OH excluding ortho intramolecular Hbond substituents is 1. The van der Waals surface area contributed by atoms with Crippen LogP contribution in [0.4, 0.5) is 10.2 Å². The number of phenols is 1. The largest absolute Gasteiger partial charge is 0.508 e. The Balaban J connectivity index is 2.35. The molecular weight excluding hydrogens is 398 g/mol. The zero-order valence-electron chi connectivity index (χ0n) is 15.3. The number of hydrogen-bond donors (Lipinski definition) is 2. The fourth-order valence-electron chi connectivity index (χ4n) is 2.32. The van der Waals surface area contributed by atoms with Crippen LogP contribution < -0.4 is 10.1 Å². The van der Waals surface area contributed by atoms with Gasteiger partial charge in [0, 0.05) is 19.8 Å². The molecule has 0 radical (unpaired) electrons. The van der Waals surface area contributed by atoms with Gasteiger partial charge in [-0.25, -0.2) is 0 Å². The number of aromatic hydroxyl groups is 1. The van der Waals surface area contributed by atoms with Crippen molar-refractivity contribution >= 4 is 29.0 Å². The summed E-state index contributed by atoms with van der Waals surface area (Å²) in [5.74, 6) is -0.430. The maximum atomic E-state index is 14.2. The Bertz CT molecular complexity index is 801. The molecule has 0 fully saturated rings. The zero-order chi connectivity index (χ0) is 20.1. The predicted molar refractivity (Wildman–Crippen MR) is 103 cm³/mol. The van der Waals surface area contributed by atoms with E-state index < -0.39 is 12.2 Å². The van der Waals surface area contributed by atoms with Crippen molar-refractivity contribution in [1.29, 1.82) is 0 Å². The molecule has 2 N–H and O–H groups in total. The summed E-state index contributed by atoms with van der Waals surface area (Å²) in [6.07, 6.45) is -0.573. The molecule has 2 rings (SSSR count). The van der Waals surface area contributed by atoms with E-state index in [0.717, 1.165) is 0 Å². The molecule has 0 atom stereocenters. The van der Waals surface area contributed by atoms with E-state index in [1.54, 1.807) is 6.07 Å². The number of ether oxygens (including phenoxy) is 3. The van der Waals surface area contributed by atoms with Crippen LogP contribution in [0.5, 0.6) is 17.2 Å². The van der Waals surface area contributed by atoms with E-state index in [2.05, 4.69) is 10.3 Å². The maximum Gasteiger partial charge on any atom is 0.237 e. The van der Waals surface area contributed by atoms with Gasteiger partial charge in [-0.1, -0.05) is 37.0 Å². The van der Waals surface area contributed by atoms with Gasteiger partial charge < -0.3 is 24.6 Å². The van der Waals surface area contributed by atoms with E-state index in [0.29, 0.717) is 11.3 Å². The normalized spacial score (nSPS) is 11.3. The topological polar surface area (TPSA) is 72.8 Å². The summed E-state index contributed by atoms with van der Waals surface area (Å²) in [6, 6.07) is 4.67. The molecule has 9 heteroatoms. The van der Waals surface area contributed by atoms with Gasteiger partial charge in [-0.3, -0.25) is 0 Å². The fourth-order valence-corrected chi connectivity index (χ4v) is 2.79. The first kappa shape index (κ1) is 21.5. The van der Waals surface area contributed by atoms with Crippen molar-refractivity contribution in [3.8, 4) is 17.2 Å². The number of halogens is 3. The van der Waals surface area contributed by atoms with Crippen LogP contribution in [-0.4, -0.2) is 37.1 Å². The lowest BCUT2D eigenvalue weighted by Gasteiger charge is -2.17. The van der Waals surface area contributed by atoms with Crippen molar-refractivity contribution in [3.05, 3.63) is 39.8 Å². The number of benzene rings is 1. The molecule has 1 heterocycles. The molecule has 1 aromatic heterocycles. The molecule has 0 unspecified atom stereocenters. The molecule has 1 aromatic carbocycles. The molecule has 148 valence electrons. The lowest BCUT2D eigenvalue weighted by Crippen LogP contribution is -2.24. The van der Waals surface area contributed by atoms with Crippen molar-refractivity contribution in [1.82, 2.24) is 4.98 Å². The number of pyridine rings is 1. The fraction of sp³-hybridized carbons (Fsp3) is 0.389. The monoisotopic (exact) mass is 418 g/mol. The van der Waals surface area contributed by atoms with Crippen LogP contribution >= 0.6 is 23.2 Å². The zero-order valence-corrected chi connectivity index (χ0v) is 16.9. The summed E-state index contributed by atoms with van der Waals surface area (Å²) in [6.45, 7) is 4.03. The highest BCUT2D eigenvalue weighted by molar-refractivity contribution is 6.38. The van der Waals surface area contributed by atoms with Gasteiger partial charge in [0.05, 0.1) is 6.54 Å². The standard InChI is InChI=1S/C18H21Cl2FN2O4/c1-9(2)11-7-10(5-6-12(11)24)27-16-14(19)17(21)23-18(15(16)20)22-8-13(25-3)26-4/h5-7,9,13,24H,8H2,1-4H3,(H,22,23). The van der Waals surface area contributed by atoms with Crippen LogP contribution in [0.3, 0.4) is 0 Å². The van der Waals surface area contributed by atoms with Crippen molar-refractivity contribution in [2.24, 2.45) is 0 Å². The molecule has 0 spiro atoms. The summed E-state index contributed by atoms with van der Waals surface area (Å²) >= 11 is 12.3. The van der Waals surface area contributed by atoms with Crippen LogP contribution in [0.15, 0.2) is 18.2 Å².